The monoisotopic (exact) mass is 492 g/mol. The van der Waals surface area contributed by atoms with Gasteiger partial charge in [0.25, 0.3) is 15.9 Å². The highest BCUT2D eigenvalue weighted by Crippen LogP contribution is 2.29. The van der Waals surface area contributed by atoms with E-state index >= 15 is 0 Å². The van der Waals surface area contributed by atoms with Crippen molar-refractivity contribution in [2.75, 3.05) is 38.2 Å². The summed E-state index contributed by atoms with van der Waals surface area (Å²) in [6.45, 7) is 0.769. The van der Waals surface area contributed by atoms with E-state index in [2.05, 4.69) is 5.32 Å². The second-order valence-electron chi connectivity index (χ2n) is 6.22. The third-order valence-electron chi connectivity index (χ3n) is 4.11. The molecule has 0 spiro atoms. The van der Waals surface area contributed by atoms with Gasteiger partial charge in [-0.1, -0.05) is 29.3 Å². The summed E-state index contributed by atoms with van der Waals surface area (Å²) in [5, 5.41) is 3.00. The summed E-state index contributed by atoms with van der Waals surface area (Å²) >= 11 is 12.9. The number of hydrogen-bond acceptors (Lipinski definition) is 7. The molecule has 8 nitrogen and oxygen atoms in total. The largest absolute Gasteiger partial charge is 0.455 e. The van der Waals surface area contributed by atoms with E-state index in [9.17, 15) is 18.0 Å². The molecule has 0 unspecified atom stereocenters. The van der Waals surface area contributed by atoms with Crippen LogP contribution in [0.4, 0.5) is 5.69 Å². The van der Waals surface area contributed by atoms with Crippen molar-refractivity contribution in [3.05, 3.63) is 45.3 Å². The Bertz CT molecular complexity index is 1010. The fourth-order valence-electron chi connectivity index (χ4n) is 2.64. The van der Waals surface area contributed by atoms with Crippen LogP contribution in [-0.2, 0) is 35.5 Å². The highest BCUT2D eigenvalue weighted by atomic mass is 35.5. The molecule has 2 aromatic rings. The predicted octanol–water partition coefficient (Wildman–Crippen LogP) is 2.80. The molecule has 1 saturated heterocycles. The number of ether oxygens (including phenoxy) is 2. The van der Waals surface area contributed by atoms with Gasteiger partial charge in [0.05, 0.1) is 35.4 Å². The van der Waals surface area contributed by atoms with Crippen LogP contribution in [0.2, 0.25) is 10.0 Å². The molecule has 0 saturated carbocycles. The molecule has 2 heterocycles. The van der Waals surface area contributed by atoms with Gasteiger partial charge in [0.15, 0.2) is 6.61 Å². The second kappa shape index (κ2) is 10.1. The first-order valence-corrected chi connectivity index (χ1v) is 11.8. The molecule has 0 radical (unpaired) electrons. The molecule has 0 aliphatic carbocycles. The van der Waals surface area contributed by atoms with E-state index in [1.54, 1.807) is 24.3 Å². The quantitative estimate of drug-likeness (QED) is 0.596. The number of carbonyl (C=O) groups excluding carboxylic acids is 2. The minimum absolute atomic E-state index is 0.149. The lowest BCUT2D eigenvalue weighted by Gasteiger charge is -2.25. The Morgan fingerprint density at radius 1 is 1.13 bits per heavy atom. The molecule has 0 bridgehead atoms. The van der Waals surface area contributed by atoms with Crippen LogP contribution in [0, 0.1) is 0 Å². The van der Waals surface area contributed by atoms with Gasteiger partial charge in [-0.3, -0.25) is 9.59 Å². The van der Waals surface area contributed by atoms with E-state index in [4.69, 9.17) is 32.7 Å². The molecule has 162 valence electrons. The Morgan fingerprint density at radius 2 is 1.80 bits per heavy atom. The first-order chi connectivity index (χ1) is 14.3. The van der Waals surface area contributed by atoms with Crippen LogP contribution < -0.4 is 5.32 Å². The minimum Gasteiger partial charge on any atom is -0.455 e. The average molecular weight is 493 g/mol. The van der Waals surface area contributed by atoms with Crippen molar-refractivity contribution in [1.82, 2.24) is 4.31 Å². The molecule has 12 heteroatoms. The van der Waals surface area contributed by atoms with E-state index in [0.717, 1.165) is 11.3 Å². The number of morpholine rings is 1. The number of benzene rings is 1. The fraction of sp³-hybridized carbons (Fsp3) is 0.333. The number of amides is 1. The lowest BCUT2D eigenvalue weighted by molar-refractivity contribution is -0.146. The molecular weight excluding hydrogens is 475 g/mol. The number of para-hydroxylation sites is 1. The van der Waals surface area contributed by atoms with E-state index in [1.165, 1.54) is 10.4 Å². The van der Waals surface area contributed by atoms with Gasteiger partial charge in [-0.05, 0) is 24.3 Å². The highest BCUT2D eigenvalue weighted by Gasteiger charge is 2.28. The van der Waals surface area contributed by atoms with Gasteiger partial charge in [-0.15, -0.1) is 11.3 Å². The first-order valence-electron chi connectivity index (χ1n) is 8.83. The maximum atomic E-state index is 12.6. The highest BCUT2D eigenvalue weighted by molar-refractivity contribution is 7.91. The lowest BCUT2D eigenvalue weighted by atomic mass is 10.3. The van der Waals surface area contributed by atoms with Crippen molar-refractivity contribution >= 4 is 62.1 Å². The molecule has 1 amide bonds. The van der Waals surface area contributed by atoms with E-state index in [0.29, 0.717) is 31.2 Å². The van der Waals surface area contributed by atoms with Gasteiger partial charge in [0.1, 0.15) is 4.21 Å². The Hall–Kier alpha value is -1.69. The molecule has 1 aliphatic heterocycles. The van der Waals surface area contributed by atoms with Gasteiger partial charge in [0.2, 0.25) is 0 Å². The van der Waals surface area contributed by atoms with Gasteiger partial charge in [-0.25, -0.2) is 8.42 Å². The van der Waals surface area contributed by atoms with E-state index in [1.807, 2.05) is 0 Å². The number of nitrogens with zero attached hydrogens (tertiary/aromatic N) is 1. The summed E-state index contributed by atoms with van der Waals surface area (Å²) in [6.07, 6.45) is -0.149. The Morgan fingerprint density at radius 3 is 2.47 bits per heavy atom. The first kappa shape index (κ1) is 23.0. The number of carbonyl (C=O) groups is 2. The Kier molecular flexibility index (Phi) is 7.72. The topological polar surface area (TPSA) is 102 Å². The number of sulfonamides is 1. The van der Waals surface area contributed by atoms with E-state index < -0.39 is 28.5 Å². The summed E-state index contributed by atoms with van der Waals surface area (Å²) in [6, 6.07) is 7.78. The summed E-state index contributed by atoms with van der Waals surface area (Å²) in [7, 11) is -3.61. The number of esters is 1. The van der Waals surface area contributed by atoms with Crippen molar-refractivity contribution in [3.63, 3.8) is 0 Å². The molecule has 1 aromatic heterocycles. The summed E-state index contributed by atoms with van der Waals surface area (Å²) in [5.74, 6) is -1.26. The van der Waals surface area contributed by atoms with Gasteiger partial charge in [0, 0.05) is 18.0 Å². The van der Waals surface area contributed by atoms with Crippen LogP contribution >= 0.6 is 34.5 Å². The van der Waals surface area contributed by atoms with Crippen molar-refractivity contribution < 1.29 is 27.5 Å². The molecule has 1 N–H and O–H groups in total. The maximum Gasteiger partial charge on any atom is 0.311 e. The van der Waals surface area contributed by atoms with Gasteiger partial charge in [-0.2, -0.15) is 4.31 Å². The van der Waals surface area contributed by atoms with Crippen LogP contribution in [0.1, 0.15) is 4.88 Å². The SMILES string of the molecule is O=C(COC(=O)Cc1ccc(S(=O)(=O)N2CCOCC2)s1)Nc1c(Cl)cccc1Cl. The molecule has 0 atom stereocenters. The predicted molar refractivity (Wildman–Crippen MR) is 114 cm³/mol. The Labute approximate surface area is 187 Å². The molecule has 3 rings (SSSR count). The minimum atomic E-state index is -3.61. The third-order valence-corrected chi connectivity index (χ3v) is 8.19. The van der Waals surface area contributed by atoms with Gasteiger partial charge < -0.3 is 14.8 Å². The average Bonchev–Trinajstić information content (AvgIpc) is 3.19. The zero-order valence-electron chi connectivity index (χ0n) is 15.6. The third kappa shape index (κ3) is 5.71. The summed E-state index contributed by atoms with van der Waals surface area (Å²) in [4.78, 5) is 24.5. The summed E-state index contributed by atoms with van der Waals surface area (Å²) < 4.78 is 36.9. The van der Waals surface area contributed by atoms with Crippen molar-refractivity contribution in [2.24, 2.45) is 0 Å². The van der Waals surface area contributed by atoms with Crippen LogP contribution in [0.25, 0.3) is 0 Å². The number of rotatable bonds is 7. The fourth-order valence-corrected chi connectivity index (χ4v) is 6.03. The number of halogens is 2. The zero-order valence-corrected chi connectivity index (χ0v) is 18.7. The molecule has 1 fully saturated rings. The smallest absolute Gasteiger partial charge is 0.311 e. The lowest BCUT2D eigenvalue weighted by Crippen LogP contribution is -2.40. The molecule has 1 aromatic carbocycles. The normalized spacial score (nSPS) is 15.0. The van der Waals surface area contributed by atoms with Crippen LogP contribution in [0.5, 0.6) is 0 Å². The van der Waals surface area contributed by atoms with Crippen LogP contribution in [-0.4, -0.2) is 57.5 Å². The summed E-state index contributed by atoms with van der Waals surface area (Å²) in [5.41, 5.74) is 0.234. The number of thiophene rings is 1. The molecule has 1 aliphatic rings. The second-order valence-corrected chi connectivity index (χ2v) is 10.4. The Balaban J connectivity index is 1.52. The van der Waals surface area contributed by atoms with Crippen molar-refractivity contribution in [1.29, 1.82) is 0 Å². The maximum absolute atomic E-state index is 12.6. The standard InChI is InChI=1S/C18H18Cl2N2O6S2/c19-13-2-1-3-14(20)18(13)21-15(23)11-28-16(24)10-12-4-5-17(29-12)30(25,26)22-6-8-27-9-7-22/h1-5H,6-11H2,(H,21,23). The van der Waals surface area contributed by atoms with Crippen molar-refractivity contribution in [2.45, 2.75) is 10.6 Å². The number of hydrogen-bond donors (Lipinski definition) is 1. The van der Waals surface area contributed by atoms with Crippen LogP contribution in [0.3, 0.4) is 0 Å². The van der Waals surface area contributed by atoms with Crippen LogP contribution in [0.15, 0.2) is 34.5 Å². The number of anilines is 1. The number of nitrogens with one attached hydrogen (secondary N) is 1. The molecule has 30 heavy (non-hydrogen) atoms. The van der Waals surface area contributed by atoms with E-state index in [-0.39, 0.29) is 26.4 Å². The molecular formula is C18H18Cl2N2O6S2. The van der Waals surface area contributed by atoms with Gasteiger partial charge >= 0.3 is 5.97 Å². The zero-order chi connectivity index (χ0) is 21.7. The van der Waals surface area contributed by atoms with Crippen molar-refractivity contribution in [3.8, 4) is 0 Å².